The van der Waals surface area contributed by atoms with Gasteiger partial charge in [-0.05, 0) is 49.9 Å². The highest BCUT2D eigenvalue weighted by Crippen LogP contribution is 2.34. The average molecular weight is 437 g/mol. The van der Waals surface area contributed by atoms with Gasteiger partial charge in [0.2, 0.25) is 0 Å². The summed E-state index contributed by atoms with van der Waals surface area (Å²) in [5.74, 6) is 4.52. The van der Waals surface area contributed by atoms with Gasteiger partial charge in [0.05, 0.1) is 0 Å². The van der Waals surface area contributed by atoms with E-state index in [4.69, 9.17) is 0 Å². The summed E-state index contributed by atoms with van der Waals surface area (Å²) in [6, 6.07) is 0. The lowest BCUT2D eigenvalue weighted by Gasteiger charge is -2.29. The van der Waals surface area contributed by atoms with Crippen molar-refractivity contribution in [2.24, 2.45) is 29.6 Å². The van der Waals surface area contributed by atoms with Crippen LogP contribution in [0.3, 0.4) is 0 Å². The van der Waals surface area contributed by atoms with Gasteiger partial charge in [0.15, 0.2) is 0 Å². The summed E-state index contributed by atoms with van der Waals surface area (Å²) in [4.78, 5) is 21.5. The smallest absolute Gasteiger partial charge is 0.135 e. The minimum atomic E-state index is 0.230. The number of Topliss-reactive ketones (excluding diaryl/α,β-unsaturated/α-hetero) is 2. The highest BCUT2D eigenvalue weighted by Gasteiger charge is 2.24. The van der Waals surface area contributed by atoms with Crippen molar-refractivity contribution in [1.29, 1.82) is 0 Å². The van der Waals surface area contributed by atoms with E-state index in [2.05, 4.69) is 20.8 Å². The van der Waals surface area contributed by atoms with Gasteiger partial charge in [-0.25, -0.2) is 0 Å². The van der Waals surface area contributed by atoms with Gasteiger partial charge in [0, 0.05) is 18.8 Å². The van der Waals surface area contributed by atoms with Crippen LogP contribution in [0.5, 0.6) is 0 Å². The van der Waals surface area contributed by atoms with Crippen LogP contribution in [-0.4, -0.2) is 11.6 Å². The Kier molecular flexibility index (Phi) is 18.5. The molecule has 2 saturated carbocycles. The molecule has 2 rings (SSSR count). The third-order valence-electron chi connectivity index (χ3n) is 7.09. The van der Waals surface area contributed by atoms with E-state index in [0.29, 0.717) is 18.1 Å². The van der Waals surface area contributed by atoms with Gasteiger partial charge in [0.1, 0.15) is 11.6 Å². The van der Waals surface area contributed by atoms with Crippen molar-refractivity contribution >= 4 is 11.6 Å². The Morgan fingerprint density at radius 2 is 1.29 bits per heavy atom. The predicted molar refractivity (Wildman–Crippen MR) is 136 cm³/mol. The second-order valence-electron chi connectivity index (χ2n) is 11.0. The van der Waals surface area contributed by atoms with Crippen molar-refractivity contribution in [3.05, 3.63) is 0 Å². The van der Waals surface area contributed by atoms with E-state index in [1.807, 2.05) is 20.8 Å². The molecule has 0 spiro atoms. The molecule has 2 heteroatoms. The molecule has 2 aliphatic carbocycles. The fraction of sp³-hybridized carbons (Fsp3) is 0.931. The topological polar surface area (TPSA) is 34.1 Å². The van der Waals surface area contributed by atoms with Gasteiger partial charge in [0.25, 0.3) is 0 Å². The highest BCUT2D eigenvalue weighted by atomic mass is 16.1. The van der Waals surface area contributed by atoms with Crippen LogP contribution in [0.15, 0.2) is 0 Å². The van der Waals surface area contributed by atoms with Crippen LogP contribution in [0, 0.1) is 29.6 Å². The minimum absolute atomic E-state index is 0.230. The molecule has 0 saturated heterocycles. The Labute approximate surface area is 195 Å². The Morgan fingerprint density at radius 3 is 1.71 bits per heavy atom. The largest absolute Gasteiger partial charge is 0.300 e. The molecule has 0 aromatic rings. The van der Waals surface area contributed by atoms with E-state index in [1.165, 1.54) is 83.5 Å². The summed E-state index contributed by atoms with van der Waals surface area (Å²) in [5.41, 5.74) is 0. The molecule has 0 atom stereocenters. The molecule has 0 aromatic heterocycles. The molecular formula is C29H56O2. The number of ketones is 2. The number of carbonyl (C=O) groups excluding carboxylic acids is 2. The molecule has 2 fully saturated rings. The maximum atomic E-state index is 11.7. The van der Waals surface area contributed by atoms with E-state index in [1.54, 1.807) is 6.92 Å². The third-order valence-corrected chi connectivity index (χ3v) is 7.09. The summed E-state index contributed by atoms with van der Waals surface area (Å²) in [7, 11) is 0. The minimum Gasteiger partial charge on any atom is -0.300 e. The molecule has 2 aliphatic rings. The molecule has 0 N–H and O–H groups in total. The molecule has 0 aromatic carbocycles. The predicted octanol–water partition coefficient (Wildman–Crippen LogP) is 9.20. The van der Waals surface area contributed by atoms with Gasteiger partial charge < -0.3 is 4.79 Å². The fourth-order valence-electron chi connectivity index (χ4n) is 4.83. The van der Waals surface area contributed by atoms with Gasteiger partial charge in [-0.15, -0.1) is 0 Å². The molecule has 0 unspecified atom stereocenters. The summed E-state index contributed by atoms with van der Waals surface area (Å²) in [5, 5.41) is 0. The standard InChI is InChI=1S/C15H28O.C10H20.C4H8O/c1-11(2)9-13-5-7-14(8-6-13)10-15(16)12(3)4;1-2-3-7-10-8-5-4-6-9-10;1-3-4(2)5/h11-14H,5-10H2,1-4H3;10H,2-9H2,1H3;3H2,1-2H3. The van der Waals surface area contributed by atoms with Crippen LogP contribution < -0.4 is 0 Å². The molecule has 0 heterocycles. The van der Waals surface area contributed by atoms with Gasteiger partial charge in [-0.2, -0.15) is 0 Å². The van der Waals surface area contributed by atoms with Crippen LogP contribution in [0.25, 0.3) is 0 Å². The monoisotopic (exact) mass is 436 g/mol. The molecule has 0 aliphatic heterocycles. The average Bonchev–Trinajstić information content (AvgIpc) is 2.74. The van der Waals surface area contributed by atoms with E-state index in [-0.39, 0.29) is 11.7 Å². The molecule has 2 nitrogen and oxygen atoms in total. The van der Waals surface area contributed by atoms with Crippen molar-refractivity contribution in [2.45, 2.75) is 145 Å². The molecular weight excluding hydrogens is 380 g/mol. The zero-order chi connectivity index (χ0) is 23.6. The second kappa shape index (κ2) is 18.9. The van der Waals surface area contributed by atoms with Crippen molar-refractivity contribution in [2.75, 3.05) is 0 Å². The van der Waals surface area contributed by atoms with Crippen LogP contribution in [0.1, 0.15) is 145 Å². The molecule has 184 valence electrons. The molecule has 31 heavy (non-hydrogen) atoms. The third kappa shape index (κ3) is 17.6. The van der Waals surface area contributed by atoms with E-state index in [9.17, 15) is 9.59 Å². The highest BCUT2D eigenvalue weighted by molar-refractivity contribution is 5.80. The number of rotatable bonds is 9. The normalized spacial score (nSPS) is 21.7. The quantitative estimate of drug-likeness (QED) is 0.361. The molecule has 0 bridgehead atoms. The maximum Gasteiger partial charge on any atom is 0.135 e. The summed E-state index contributed by atoms with van der Waals surface area (Å²) in [6.45, 7) is 14.4. The summed E-state index contributed by atoms with van der Waals surface area (Å²) < 4.78 is 0. The Morgan fingerprint density at radius 1 is 0.774 bits per heavy atom. The molecule has 0 amide bonds. The van der Waals surface area contributed by atoms with Crippen LogP contribution in [0.4, 0.5) is 0 Å². The van der Waals surface area contributed by atoms with E-state index >= 15 is 0 Å². The number of carbonyl (C=O) groups is 2. The second-order valence-corrected chi connectivity index (χ2v) is 11.0. The first-order valence-electron chi connectivity index (χ1n) is 13.7. The SMILES string of the molecule is CC(C)CC1CCC(CC(=O)C(C)C)CC1.CCC(C)=O.CCCCC1CCCCC1. The van der Waals surface area contributed by atoms with Gasteiger partial charge in [-0.3, -0.25) is 4.79 Å². The fourth-order valence-corrected chi connectivity index (χ4v) is 4.83. The van der Waals surface area contributed by atoms with Gasteiger partial charge in [-0.1, -0.05) is 106 Å². The lowest BCUT2D eigenvalue weighted by Crippen LogP contribution is -2.20. The zero-order valence-corrected chi connectivity index (χ0v) is 22.3. The number of unbranched alkanes of at least 4 members (excludes halogenated alkanes) is 1. The Bertz CT molecular complexity index is 438. The Balaban J connectivity index is 0.000000509. The van der Waals surface area contributed by atoms with Gasteiger partial charge >= 0.3 is 0 Å². The summed E-state index contributed by atoms with van der Waals surface area (Å²) >= 11 is 0. The number of hydrogen-bond donors (Lipinski definition) is 0. The lowest BCUT2D eigenvalue weighted by molar-refractivity contribution is -0.123. The first-order chi connectivity index (χ1) is 14.7. The van der Waals surface area contributed by atoms with E-state index in [0.717, 1.165) is 24.2 Å². The maximum absolute atomic E-state index is 11.7. The van der Waals surface area contributed by atoms with Crippen LogP contribution >= 0.6 is 0 Å². The lowest BCUT2D eigenvalue weighted by atomic mass is 9.76. The summed E-state index contributed by atoms with van der Waals surface area (Å²) in [6.07, 6.45) is 20.1. The van der Waals surface area contributed by atoms with Crippen LogP contribution in [0.2, 0.25) is 0 Å². The van der Waals surface area contributed by atoms with Crippen molar-refractivity contribution in [3.63, 3.8) is 0 Å². The first-order valence-corrected chi connectivity index (χ1v) is 13.7. The first kappa shape index (κ1) is 30.3. The zero-order valence-electron chi connectivity index (χ0n) is 22.3. The van der Waals surface area contributed by atoms with Crippen LogP contribution in [-0.2, 0) is 9.59 Å². The molecule has 0 radical (unpaired) electrons. The Hall–Kier alpha value is -0.660. The van der Waals surface area contributed by atoms with Crippen molar-refractivity contribution in [3.8, 4) is 0 Å². The van der Waals surface area contributed by atoms with Crippen molar-refractivity contribution < 1.29 is 9.59 Å². The van der Waals surface area contributed by atoms with E-state index < -0.39 is 0 Å². The van der Waals surface area contributed by atoms with Crippen molar-refractivity contribution in [1.82, 2.24) is 0 Å². The number of hydrogen-bond acceptors (Lipinski definition) is 2.